The van der Waals surface area contributed by atoms with Gasteiger partial charge in [-0.2, -0.15) is 0 Å². The molecule has 0 amide bonds. The number of carbonyl (C=O) groups excluding carboxylic acids is 1. The molecule has 2 aromatic rings. The molecule has 1 aromatic carbocycles. The molecule has 0 bridgehead atoms. The third kappa shape index (κ3) is 2.78. The normalized spacial score (nSPS) is 11.2. The zero-order chi connectivity index (χ0) is 12.1. The summed E-state index contributed by atoms with van der Waals surface area (Å²) < 4.78 is 0. The molecule has 0 saturated heterocycles. The first-order valence-electron chi connectivity index (χ1n) is 5.19. The van der Waals surface area contributed by atoms with Gasteiger partial charge >= 0.3 is 0 Å². The molecule has 1 aromatic heterocycles. The van der Waals surface area contributed by atoms with Gasteiger partial charge in [-0.1, -0.05) is 36.4 Å². The Kier molecular flexibility index (Phi) is 3.31. The van der Waals surface area contributed by atoms with E-state index >= 15 is 0 Å². The number of hydrogen-bond acceptors (Lipinski definition) is 3. The molecule has 84 valence electrons. The minimum atomic E-state index is -0.313. The second-order valence-corrected chi connectivity index (χ2v) is 3.47. The van der Waals surface area contributed by atoms with E-state index in [9.17, 15) is 9.90 Å². The Hall–Kier alpha value is -2.42. The van der Waals surface area contributed by atoms with E-state index in [-0.39, 0.29) is 11.5 Å². The second-order valence-electron chi connectivity index (χ2n) is 3.47. The van der Waals surface area contributed by atoms with Crippen molar-refractivity contribution in [1.29, 1.82) is 0 Å². The summed E-state index contributed by atoms with van der Waals surface area (Å²) in [5.74, 6) is -0.367. The number of rotatable bonds is 3. The van der Waals surface area contributed by atoms with Crippen LogP contribution in [0.2, 0.25) is 0 Å². The average Bonchev–Trinajstić information content (AvgIpc) is 2.40. The lowest BCUT2D eigenvalue weighted by molar-refractivity contribution is 0.104. The van der Waals surface area contributed by atoms with Gasteiger partial charge in [-0.3, -0.25) is 9.78 Å². The minimum Gasteiger partial charge on any atom is -0.507 e. The van der Waals surface area contributed by atoms with Crippen LogP contribution in [0.4, 0.5) is 0 Å². The minimum absolute atomic E-state index is 0.0544. The number of ketones is 1. The van der Waals surface area contributed by atoms with Gasteiger partial charge in [0.15, 0.2) is 0 Å². The molecule has 1 heterocycles. The molecule has 0 radical (unpaired) electrons. The van der Waals surface area contributed by atoms with Gasteiger partial charge in [0.1, 0.15) is 11.5 Å². The molecular formula is C14H11NO2. The monoisotopic (exact) mass is 225 g/mol. The molecule has 0 saturated carbocycles. The summed E-state index contributed by atoms with van der Waals surface area (Å²) in [6.07, 6.45) is 2.72. The number of aromatic nitrogens is 1. The van der Waals surface area contributed by atoms with Crippen LogP contribution >= 0.6 is 0 Å². The van der Waals surface area contributed by atoms with Crippen LogP contribution in [0.5, 0.6) is 0 Å². The molecule has 3 heteroatoms. The molecule has 0 aliphatic rings. The number of carbonyl (C=O) groups is 1. The number of aliphatic hydroxyl groups is 1. The lowest BCUT2D eigenvalue weighted by Crippen LogP contribution is -1.98. The highest BCUT2D eigenvalue weighted by Gasteiger charge is 2.06. The summed E-state index contributed by atoms with van der Waals surface area (Å²) in [4.78, 5) is 15.6. The Morgan fingerprint density at radius 3 is 2.41 bits per heavy atom. The van der Waals surface area contributed by atoms with Gasteiger partial charge < -0.3 is 5.11 Å². The van der Waals surface area contributed by atoms with E-state index in [4.69, 9.17) is 0 Å². The first-order valence-corrected chi connectivity index (χ1v) is 5.19. The van der Waals surface area contributed by atoms with Crippen molar-refractivity contribution < 1.29 is 9.90 Å². The zero-order valence-electron chi connectivity index (χ0n) is 9.08. The Morgan fingerprint density at radius 2 is 1.76 bits per heavy atom. The molecule has 0 unspecified atom stereocenters. The van der Waals surface area contributed by atoms with Crippen LogP contribution in [0.15, 0.2) is 60.8 Å². The second kappa shape index (κ2) is 5.07. The third-order valence-electron chi connectivity index (χ3n) is 2.25. The SMILES string of the molecule is O=C(/C=C(\O)c1ccccc1)c1ccccn1. The van der Waals surface area contributed by atoms with Crippen molar-refractivity contribution in [3.63, 3.8) is 0 Å². The highest BCUT2D eigenvalue weighted by molar-refractivity contribution is 6.06. The summed E-state index contributed by atoms with van der Waals surface area (Å²) in [5.41, 5.74) is 0.923. The fourth-order valence-electron chi connectivity index (χ4n) is 1.40. The van der Waals surface area contributed by atoms with Crippen molar-refractivity contribution in [2.75, 3.05) is 0 Å². The van der Waals surface area contributed by atoms with E-state index in [1.165, 1.54) is 6.08 Å². The van der Waals surface area contributed by atoms with Gasteiger partial charge in [-0.25, -0.2) is 0 Å². The van der Waals surface area contributed by atoms with E-state index in [1.807, 2.05) is 6.07 Å². The van der Waals surface area contributed by atoms with Crippen molar-refractivity contribution in [1.82, 2.24) is 4.98 Å². The largest absolute Gasteiger partial charge is 0.507 e. The molecule has 17 heavy (non-hydrogen) atoms. The van der Waals surface area contributed by atoms with Crippen molar-refractivity contribution >= 4 is 11.5 Å². The average molecular weight is 225 g/mol. The van der Waals surface area contributed by atoms with Gasteiger partial charge in [-0.05, 0) is 12.1 Å². The van der Waals surface area contributed by atoms with E-state index in [0.717, 1.165) is 0 Å². The maximum Gasteiger partial charge on any atom is 0.207 e. The van der Waals surface area contributed by atoms with Crippen LogP contribution in [0.25, 0.3) is 5.76 Å². The molecule has 2 rings (SSSR count). The van der Waals surface area contributed by atoms with Crippen LogP contribution in [-0.4, -0.2) is 15.9 Å². The molecule has 0 spiro atoms. The van der Waals surface area contributed by atoms with Crippen molar-refractivity contribution in [3.8, 4) is 0 Å². The maximum atomic E-state index is 11.7. The van der Waals surface area contributed by atoms with E-state index in [1.54, 1.807) is 48.7 Å². The number of hydrogen-bond donors (Lipinski definition) is 1. The fourth-order valence-corrected chi connectivity index (χ4v) is 1.40. The first kappa shape index (κ1) is 11.1. The lowest BCUT2D eigenvalue weighted by Gasteiger charge is -1.99. The number of pyridine rings is 1. The molecule has 3 nitrogen and oxygen atoms in total. The van der Waals surface area contributed by atoms with E-state index in [2.05, 4.69) is 4.98 Å². The molecular weight excluding hydrogens is 214 g/mol. The van der Waals surface area contributed by atoms with Gasteiger partial charge in [0.05, 0.1) is 0 Å². The standard InChI is InChI=1S/C14H11NO2/c16-13(11-6-2-1-3-7-11)10-14(17)12-8-4-5-9-15-12/h1-10,16H/b13-10-. The quantitative estimate of drug-likeness (QED) is 0.496. The number of benzene rings is 1. The Labute approximate surface area is 99.1 Å². The predicted molar refractivity (Wildman–Crippen MR) is 65.6 cm³/mol. The Bertz CT molecular complexity index is 533. The van der Waals surface area contributed by atoms with Crippen LogP contribution in [0, 0.1) is 0 Å². The van der Waals surface area contributed by atoms with Crippen molar-refractivity contribution in [2.45, 2.75) is 0 Å². The number of allylic oxidation sites excluding steroid dienone is 1. The number of nitrogens with zero attached hydrogens (tertiary/aromatic N) is 1. The summed E-state index contributed by atoms with van der Waals surface area (Å²) in [5, 5.41) is 9.76. The van der Waals surface area contributed by atoms with Gasteiger partial charge in [-0.15, -0.1) is 0 Å². The summed E-state index contributed by atoms with van der Waals surface area (Å²) in [7, 11) is 0. The van der Waals surface area contributed by atoms with Gasteiger partial charge in [0, 0.05) is 17.8 Å². The highest BCUT2D eigenvalue weighted by Crippen LogP contribution is 2.11. The van der Waals surface area contributed by atoms with E-state index in [0.29, 0.717) is 11.3 Å². The van der Waals surface area contributed by atoms with Crippen LogP contribution < -0.4 is 0 Å². The van der Waals surface area contributed by atoms with Gasteiger partial charge in [0.25, 0.3) is 0 Å². The lowest BCUT2D eigenvalue weighted by atomic mass is 10.1. The molecule has 0 aliphatic heterocycles. The Morgan fingerprint density at radius 1 is 1.06 bits per heavy atom. The highest BCUT2D eigenvalue weighted by atomic mass is 16.3. The van der Waals surface area contributed by atoms with Crippen molar-refractivity contribution in [2.24, 2.45) is 0 Å². The zero-order valence-corrected chi connectivity index (χ0v) is 9.08. The molecule has 0 aliphatic carbocycles. The maximum absolute atomic E-state index is 11.7. The molecule has 1 N–H and O–H groups in total. The van der Waals surface area contributed by atoms with E-state index < -0.39 is 0 Å². The topological polar surface area (TPSA) is 50.2 Å². The van der Waals surface area contributed by atoms with Gasteiger partial charge in [0.2, 0.25) is 5.78 Å². The fraction of sp³-hybridized carbons (Fsp3) is 0. The van der Waals surface area contributed by atoms with Crippen LogP contribution in [-0.2, 0) is 0 Å². The number of aliphatic hydroxyl groups excluding tert-OH is 1. The predicted octanol–water partition coefficient (Wildman–Crippen LogP) is 2.86. The molecule has 0 fully saturated rings. The summed E-state index contributed by atoms with van der Waals surface area (Å²) in [6, 6.07) is 14.0. The van der Waals surface area contributed by atoms with Crippen LogP contribution in [0.3, 0.4) is 0 Å². The Balaban J connectivity index is 2.24. The smallest absolute Gasteiger partial charge is 0.207 e. The third-order valence-corrected chi connectivity index (χ3v) is 2.25. The summed E-state index contributed by atoms with van der Waals surface area (Å²) in [6.45, 7) is 0. The first-order chi connectivity index (χ1) is 8.27. The van der Waals surface area contributed by atoms with Crippen molar-refractivity contribution in [3.05, 3.63) is 72.1 Å². The van der Waals surface area contributed by atoms with Crippen LogP contribution in [0.1, 0.15) is 16.1 Å². The molecule has 0 atom stereocenters. The summed E-state index contributed by atoms with van der Waals surface area (Å²) >= 11 is 0.